The average Bonchev–Trinajstić information content (AvgIpc) is 2.58. The van der Waals surface area contributed by atoms with E-state index in [0.717, 1.165) is 19.6 Å². The first-order chi connectivity index (χ1) is 11.4. The number of nitrogens with one attached hydrogen (secondary N) is 2. The molecule has 0 aliphatic rings. The molecule has 0 radical (unpaired) electrons. The van der Waals surface area contributed by atoms with Crippen LogP contribution in [0.1, 0.15) is 24.2 Å². The van der Waals surface area contributed by atoms with Crippen LogP contribution >= 0.6 is 11.6 Å². The van der Waals surface area contributed by atoms with Crippen molar-refractivity contribution >= 4 is 29.1 Å². The molecule has 158 valence electrons. The van der Waals surface area contributed by atoms with Gasteiger partial charge in [0.05, 0.1) is 16.3 Å². The Bertz CT molecular complexity index is 586. The zero-order valence-corrected chi connectivity index (χ0v) is 16.2. The fourth-order valence-corrected chi connectivity index (χ4v) is 2.18. The van der Waals surface area contributed by atoms with E-state index < -0.39 is 5.91 Å². The smallest absolute Gasteiger partial charge is 0.271 e. The molecule has 0 heterocycles. The Hall–Kier alpha value is -2.15. The number of nitrogen functional groups attached to an aromatic ring is 1. The Kier molecular flexibility index (Phi) is 16.4. The van der Waals surface area contributed by atoms with Crippen molar-refractivity contribution in [1.82, 2.24) is 15.6 Å². The zero-order chi connectivity index (χ0) is 18.1. The fourth-order valence-electron chi connectivity index (χ4n) is 2.01. The molecule has 0 atom stereocenters. The summed E-state index contributed by atoms with van der Waals surface area (Å²) in [6.07, 6.45) is 0. The summed E-state index contributed by atoms with van der Waals surface area (Å²) < 4.78 is 5.31. The van der Waals surface area contributed by atoms with Gasteiger partial charge in [0.1, 0.15) is 5.75 Å². The Morgan fingerprint density at radius 2 is 1.78 bits per heavy atom. The number of carbonyl (C=O) groups excluding carboxylic acids is 2. The number of carbonyl (C=O) groups is 2. The van der Waals surface area contributed by atoms with Gasteiger partial charge < -0.3 is 37.1 Å². The highest BCUT2D eigenvalue weighted by molar-refractivity contribution is 6.33. The highest BCUT2D eigenvalue weighted by Gasteiger charge is 2.16. The second-order valence-corrected chi connectivity index (χ2v) is 5.42. The standard InChI is InChI=1S/C15H24ClN5O3.3H2O/c1-3-21(4-2)6-5-19-15(23)10-7-11(16)12(17)8-13(10)24-9-14(22)20-18;;;/h7-8H,3-6,9,17-18H2,1-2H3,(H,19,23)(H,20,22);3*1H2. The van der Waals surface area contributed by atoms with Gasteiger partial charge in [0, 0.05) is 19.2 Å². The third kappa shape index (κ3) is 9.38. The van der Waals surface area contributed by atoms with Gasteiger partial charge in [0.25, 0.3) is 11.8 Å². The molecule has 11 nitrogen and oxygen atoms in total. The minimum Gasteiger partial charge on any atom is -0.483 e. The molecule has 1 aromatic carbocycles. The molecule has 0 saturated carbocycles. The van der Waals surface area contributed by atoms with Crippen LogP contribution in [0.2, 0.25) is 5.02 Å². The highest BCUT2D eigenvalue weighted by Crippen LogP contribution is 2.29. The van der Waals surface area contributed by atoms with Crippen LogP contribution in [0.5, 0.6) is 5.75 Å². The summed E-state index contributed by atoms with van der Waals surface area (Å²) in [7, 11) is 0. The van der Waals surface area contributed by atoms with Gasteiger partial charge in [-0.15, -0.1) is 0 Å². The second-order valence-electron chi connectivity index (χ2n) is 5.01. The number of likely N-dealkylation sites (N-methyl/N-ethyl adjacent to an activating group) is 1. The number of nitrogens with two attached hydrogens (primary N) is 2. The molecule has 0 bridgehead atoms. The van der Waals surface area contributed by atoms with E-state index in [-0.39, 0.29) is 51.0 Å². The van der Waals surface area contributed by atoms with Crippen LogP contribution in [0.25, 0.3) is 0 Å². The Morgan fingerprint density at radius 1 is 1.19 bits per heavy atom. The first-order valence-electron chi connectivity index (χ1n) is 7.64. The van der Waals surface area contributed by atoms with Gasteiger partial charge in [0.2, 0.25) is 0 Å². The molecular formula is C15H30ClN5O6. The molecule has 1 aromatic rings. The summed E-state index contributed by atoms with van der Waals surface area (Å²) in [4.78, 5) is 25.8. The van der Waals surface area contributed by atoms with Crippen LogP contribution in [0, 0.1) is 0 Å². The van der Waals surface area contributed by atoms with E-state index in [9.17, 15) is 9.59 Å². The Balaban J connectivity index is -0.00000192. The van der Waals surface area contributed by atoms with Gasteiger partial charge in [-0.1, -0.05) is 25.4 Å². The molecule has 12 N–H and O–H groups in total. The van der Waals surface area contributed by atoms with Crippen LogP contribution < -0.4 is 27.1 Å². The van der Waals surface area contributed by atoms with Gasteiger partial charge >= 0.3 is 0 Å². The molecule has 0 aliphatic carbocycles. The Morgan fingerprint density at radius 3 is 2.30 bits per heavy atom. The predicted molar refractivity (Wildman–Crippen MR) is 105 cm³/mol. The topological polar surface area (TPSA) is 217 Å². The average molecular weight is 412 g/mol. The summed E-state index contributed by atoms with van der Waals surface area (Å²) in [5.74, 6) is 4.28. The van der Waals surface area contributed by atoms with E-state index in [0.29, 0.717) is 6.54 Å². The zero-order valence-electron chi connectivity index (χ0n) is 15.4. The fraction of sp³-hybridized carbons (Fsp3) is 0.467. The van der Waals surface area contributed by atoms with E-state index in [4.69, 9.17) is 27.9 Å². The minimum atomic E-state index is -0.531. The molecule has 27 heavy (non-hydrogen) atoms. The SMILES string of the molecule is CCN(CC)CCNC(=O)c1cc(Cl)c(N)cc1OCC(=O)NN.O.O.O. The lowest BCUT2D eigenvalue weighted by atomic mass is 10.1. The van der Waals surface area contributed by atoms with Crippen LogP contribution in [0.4, 0.5) is 5.69 Å². The summed E-state index contributed by atoms with van der Waals surface area (Å²) in [6, 6.07) is 2.82. The van der Waals surface area contributed by atoms with Crippen molar-refractivity contribution in [1.29, 1.82) is 0 Å². The first kappa shape index (κ1) is 29.6. The third-order valence-electron chi connectivity index (χ3n) is 3.47. The van der Waals surface area contributed by atoms with E-state index in [1.54, 1.807) is 0 Å². The summed E-state index contributed by atoms with van der Waals surface area (Å²) >= 11 is 5.98. The number of anilines is 1. The molecule has 0 aliphatic heterocycles. The van der Waals surface area contributed by atoms with Gasteiger partial charge in [-0.25, -0.2) is 5.84 Å². The van der Waals surface area contributed by atoms with E-state index >= 15 is 0 Å². The maximum absolute atomic E-state index is 12.4. The summed E-state index contributed by atoms with van der Waals surface area (Å²) in [6.45, 7) is 6.79. The van der Waals surface area contributed by atoms with Gasteiger partial charge in [-0.05, 0) is 19.2 Å². The molecule has 0 saturated heterocycles. The number of hydrazine groups is 1. The monoisotopic (exact) mass is 411 g/mol. The predicted octanol–water partition coefficient (Wildman–Crippen LogP) is -2.11. The molecule has 0 fully saturated rings. The number of nitrogens with zero attached hydrogens (tertiary/aromatic N) is 1. The van der Waals surface area contributed by atoms with Gasteiger partial charge in [0.15, 0.2) is 6.61 Å². The minimum absolute atomic E-state index is 0. The molecule has 0 aromatic heterocycles. The number of ether oxygens (including phenoxy) is 1. The number of amides is 2. The number of hydrogen-bond donors (Lipinski definition) is 4. The van der Waals surface area contributed by atoms with Crippen LogP contribution in [-0.4, -0.2) is 65.9 Å². The van der Waals surface area contributed by atoms with Crippen LogP contribution in [-0.2, 0) is 4.79 Å². The number of benzene rings is 1. The van der Waals surface area contributed by atoms with E-state index in [1.165, 1.54) is 12.1 Å². The number of hydrogen-bond acceptors (Lipinski definition) is 6. The first-order valence-corrected chi connectivity index (χ1v) is 8.02. The van der Waals surface area contributed by atoms with Crippen molar-refractivity contribution in [3.8, 4) is 5.75 Å². The lowest BCUT2D eigenvalue weighted by Crippen LogP contribution is -2.36. The van der Waals surface area contributed by atoms with Crippen LogP contribution in [0.15, 0.2) is 12.1 Å². The van der Waals surface area contributed by atoms with Gasteiger partial charge in [-0.2, -0.15) is 0 Å². The maximum atomic E-state index is 12.4. The quantitative estimate of drug-likeness (QED) is 0.154. The molecule has 0 unspecified atom stereocenters. The van der Waals surface area contributed by atoms with Crippen molar-refractivity contribution < 1.29 is 30.8 Å². The Labute approximate surface area is 162 Å². The molecule has 12 heteroatoms. The van der Waals surface area contributed by atoms with Crippen molar-refractivity contribution in [2.45, 2.75) is 13.8 Å². The van der Waals surface area contributed by atoms with Crippen molar-refractivity contribution in [3.05, 3.63) is 22.7 Å². The lowest BCUT2D eigenvalue weighted by molar-refractivity contribution is -0.123. The number of halogens is 1. The second kappa shape index (κ2) is 15.0. The molecule has 1 rings (SSSR count). The van der Waals surface area contributed by atoms with E-state index in [2.05, 4.69) is 24.1 Å². The van der Waals surface area contributed by atoms with Crippen molar-refractivity contribution in [2.75, 3.05) is 38.5 Å². The maximum Gasteiger partial charge on any atom is 0.271 e. The summed E-state index contributed by atoms with van der Waals surface area (Å²) in [5.41, 5.74) is 8.13. The van der Waals surface area contributed by atoms with Gasteiger partial charge in [-0.3, -0.25) is 15.0 Å². The third-order valence-corrected chi connectivity index (χ3v) is 3.80. The molecule has 2 amide bonds. The van der Waals surface area contributed by atoms with Crippen molar-refractivity contribution in [2.24, 2.45) is 5.84 Å². The van der Waals surface area contributed by atoms with E-state index in [1.807, 2.05) is 5.43 Å². The normalized spacial score (nSPS) is 9.37. The lowest BCUT2D eigenvalue weighted by Gasteiger charge is -2.18. The molecule has 0 spiro atoms. The van der Waals surface area contributed by atoms with Crippen molar-refractivity contribution in [3.63, 3.8) is 0 Å². The molecular weight excluding hydrogens is 382 g/mol. The summed E-state index contributed by atoms with van der Waals surface area (Å²) in [5, 5.41) is 3.04. The van der Waals surface area contributed by atoms with Crippen LogP contribution in [0.3, 0.4) is 0 Å². The largest absolute Gasteiger partial charge is 0.483 e. The number of rotatable bonds is 9. The highest BCUT2D eigenvalue weighted by atomic mass is 35.5.